The second-order valence-corrected chi connectivity index (χ2v) is 6.97. The fraction of sp³-hybridized carbons (Fsp3) is 0.429. The molecule has 0 amide bonds. The molecular formula is C14H16N6S2. The van der Waals surface area contributed by atoms with E-state index in [-0.39, 0.29) is 0 Å². The number of anilines is 1. The van der Waals surface area contributed by atoms with Gasteiger partial charge in [-0.05, 0) is 31.3 Å². The van der Waals surface area contributed by atoms with Crippen molar-refractivity contribution in [3.63, 3.8) is 0 Å². The van der Waals surface area contributed by atoms with Crippen molar-refractivity contribution in [3.8, 4) is 6.07 Å². The molecule has 0 unspecified atom stereocenters. The van der Waals surface area contributed by atoms with Gasteiger partial charge in [0.25, 0.3) is 0 Å². The first-order valence-electron chi connectivity index (χ1n) is 7.04. The van der Waals surface area contributed by atoms with Gasteiger partial charge in [0.05, 0.1) is 18.3 Å². The highest BCUT2D eigenvalue weighted by molar-refractivity contribution is 7.73. The summed E-state index contributed by atoms with van der Waals surface area (Å²) in [6, 6.07) is 5.73. The first-order valence-corrected chi connectivity index (χ1v) is 8.26. The molecule has 114 valence electrons. The van der Waals surface area contributed by atoms with E-state index in [9.17, 15) is 0 Å². The third-order valence-electron chi connectivity index (χ3n) is 3.61. The third-order valence-corrected chi connectivity index (χ3v) is 4.84. The summed E-state index contributed by atoms with van der Waals surface area (Å²) in [5.41, 5.74) is 0.650. The van der Waals surface area contributed by atoms with Crippen LogP contribution in [0.5, 0.6) is 0 Å². The van der Waals surface area contributed by atoms with Crippen molar-refractivity contribution in [2.75, 3.05) is 31.1 Å². The van der Waals surface area contributed by atoms with E-state index in [4.69, 9.17) is 17.5 Å². The van der Waals surface area contributed by atoms with Crippen LogP contribution in [0.25, 0.3) is 0 Å². The molecule has 22 heavy (non-hydrogen) atoms. The summed E-state index contributed by atoms with van der Waals surface area (Å²) < 4.78 is 2.71. The van der Waals surface area contributed by atoms with Gasteiger partial charge in [-0.1, -0.05) is 11.3 Å². The molecule has 1 aliphatic rings. The van der Waals surface area contributed by atoms with Gasteiger partial charge in [-0.3, -0.25) is 4.90 Å². The summed E-state index contributed by atoms with van der Waals surface area (Å²) in [4.78, 5) is 8.91. The topological polar surface area (TPSA) is 61.0 Å². The van der Waals surface area contributed by atoms with Crippen molar-refractivity contribution in [2.45, 2.75) is 13.6 Å². The standard InChI is InChI=1S/C14H16N6S2/c1-11-17-20(14(21)22-11)10-18-4-6-19(7-5-18)13-8-12(9-15)2-3-16-13/h2-3,8H,4-7,10H2,1H3. The zero-order valence-corrected chi connectivity index (χ0v) is 13.9. The van der Waals surface area contributed by atoms with Gasteiger partial charge in [0.15, 0.2) is 3.95 Å². The summed E-state index contributed by atoms with van der Waals surface area (Å²) in [6.45, 7) is 6.34. The predicted molar refractivity (Wildman–Crippen MR) is 88.4 cm³/mol. The number of hydrogen-bond donors (Lipinski definition) is 0. The summed E-state index contributed by atoms with van der Waals surface area (Å²) in [5, 5.41) is 14.4. The summed E-state index contributed by atoms with van der Waals surface area (Å²) >= 11 is 6.86. The van der Waals surface area contributed by atoms with Gasteiger partial charge in [0.1, 0.15) is 10.8 Å². The highest BCUT2D eigenvalue weighted by atomic mass is 32.1. The molecule has 3 rings (SSSR count). The fourth-order valence-electron chi connectivity index (χ4n) is 2.47. The molecule has 6 nitrogen and oxygen atoms in total. The Bertz CT molecular complexity index is 751. The van der Waals surface area contributed by atoms with Crippen LogP contribution >= 0.6 is 23.6 Å². The number of rotatable bonds is 3. The van der Waals surface area contributed by atoms with Crippen LogP contribution in [0.15, 0.2) is 18.3 Å². The largest absolute Gasteiger partial charge is 0.354 e. The highest BCUT2D eigenvalue weighted by Crippen LogP contribution is 2.15. The van der Waals surface area contributed by atoms with Crippen LogP contribution in [0.1, 0.15) is 10.6 Å². The number of aryl methyl sites for hydroxylation is 1. The van der Waals surface area contributed by atoms with E-state index in [1.807, 2.05) is 17.7 Å². The van der Waals surface area contributed by atoms with E-state index in [1.165, 1.54) is 0 Å². The molecule has 0 aliphatic carbocycles. The van der Waals surface area contributed by atoms with Crippen molar-refractivity contribution in [3.05, 3.63) is 32.9 Å². The van der Waals surface area contributed by atoms with Gasteiger partial charge in [-0.2, -0.15) is 10.4 Å². The van der Waals surface area contributed by atoms with Crippen molar-refractivity contribution in [1.29, 1.82) is 5.26 Å². The lowest BCUT2D eigenvalue weighted by atomic mass is 10.2. The Hall–Kier alpha value is -1.82. The predicted octanol–water partition coefficient (Wildman–Crippen LogP) is 2.03. The Balaban J connectivity index is 1.61. The molecule has 3 heterocycles. The summed E-state index contributed by atoms with van der Waals surface area (Å²) in [7, 11) is 0. The summed E-state index contributed by atoms with van der Waals surface area (Å²) in [5.74, 6) is 0.875. The molecule has 2 aromatic rings. The van der Waals surface area contributed by atoms with E-state index in [1.54, 1.807) is 23.6 Å². The van der Waals surface area contributed by atoms with Crippen molar-refractivity contribution >= 4 is 29.4 Å². The minimum atomic E-state index is 0.650. The lowest BCUT2D eigenvalue weighted by Gasteiger charge is -2.35. The first-order chi connectivity index (χ1) is 10.7. The molecular weight excluding hydrogens is 316 g/mol. The highest BCUT2D eigenvalue weighted by Gasteiger charge is 2.19. The van der Waals surface area contributed by atoms with E-state index < -0.39 is 0 Å². The zero-order chi connectivity index (χ0) is 15.5. The average Bonchev–Trinajstić information content (AvgIpc) is 2.86. The number of piperazine rings is 1. The second kappa shape index (κ2) is 6.52. The van der Waals surface area contributed by atoms with Crippen LogP contribution in [0.2, 0.25) is 0 Å². The van der Waals surface area contributed by atoms with Crippen molar-refractivity contribution < 1.29 is 0 Å². The van der Waals surface area contributed by atoms with Gasteiger partial charge in [0.2, 0.25) is 0 Å². The Morgan fingerprint density at radius 1 is 1.36 bits per heavy atom. The number of aromatic nitrogens is 3. The minimum absolute atomic E-state index is 0.650. The maximum Gasteiger partial charge on any atom is 0.180 e. The molecule has 0 radical (unpaired) electrons. The third kappa shape index (κ3) is 3.32. The van der Waals surface area contributed by atoms with E-state index in [0.717, 1.165) is 47.6 Å². The molecule has 0 aromatic carbocycles. The maximum atomic E-state index is 8.97. The lowest BCUT2D eigenvalue weighted by molar-refractivity contribution is 0.194. The molecule has 0 saturated carbocycles. The van der Waals surface area contributed by atoms with Crippen LogP contribution in [-0.4, -0.2) is 45.8 Å². The van der Waals surface area contributed by atoms with Gasteiger partial charge in [-0.15, -0.1) is 0 Å². The van der Waals surface area contributed by atoms with Crippen molar-refractivity contribution in [2.24, 2.45) is 0 Å². The Morgan fingerprint density at radius 3 is 2.77 bits per heavy atom. The number of hydrogen-bond acceptors (Lipinski definition) is 7. The molecule has 0 bridgehead atoms. The van der Waals surface area contributed by atoms with Crippen LogP contribution in [-0.2, 0) is 6.67 Å². The van der Waals surface area contributed by atoms with Crippen LogP contribution in [0.4, 0.5) is 5.82 Å². The van der Waals surface area contributed by atoms with Crippen LogP contribution in [0.3, 0.4) is 0 Å². The lowest BCUT2D eigenvalue weighted by Crippen LogP contribution is -2.47. The molecule has 1 aliphatic heterocycles. The van der Waals surface area contributed by atoms with Gasteiger partial charge in [-0.25, -0.2) is 9.67 Å². The Kier molecular flexibility index (Phi) is 4.47. The minimum Gasteiger partial charge on any atom is -0.354 e. The Morgan fingerprint density at radius 2 is 2.14 bits per heavy atom. The molecule has 0 N–H and O–H groups in total. The fourth-order valence-corrected chi connectivity index (χ4v) is 3.52. The van der Waals surface area contributed by atoms with Crippen molar-refractivity contribution in [1.82, 2.24) is 19.7 Å². The quantitative estimate of drug-likeness (QED) is 0.802. The van der Waals surface area contributed by atoms with Gasteiger partial charge >= 0.3 is 0 Å². The maximum absolute atomic E-state index is 8.97. The normalized spacial score (nSPS) is 15.7. The SMILES string of the molecule is Cc1nn(CN2CCN(c3cc(C#N)ccn3)CC2)c(=S)s1. The smallest absolute Gasteiger partial charge is 0.180 e. The zero-order valence-electron chi connectivity index (χ0n) is 12.3. The number of nitrogens with zero attached hydrogens (tertiary/aromatic N) is 6. The number of pyridine rings is 1. The summed E-state index contributed by atoms with van der Waals surface area (Å²) in [6.07, 6.45) is 1.69. The number of nitriles is 1. The van der Waals surface area contributed by atoms with Gasteiger partial charge < -0.3 is 4.90 Å². The molecule has 0 atom stereocenters. The molecule has 1 saturated heterocycles. The monoisotopic (exact) mass is 332 g/mol. The molecule has 2 aromatic heterocycles. The Labute approximate surface area is 138 Å². The van der Waals surface area contributed by atoms with E-state index >= 15 is 0 Å². The first kappa shape index (κ1) is 15.1. The van der Waals surface area contributed by atoms with E-state index in [0.29, 0.717) is 5.56 Å². The van der Waals surface area contributed by atoms with E-state index in [2.05, 4.69) is 26.0 Å². The molecule has 1 fully saturated rings. The average molecular weight is 332 g/mol. The molecule has 0 spiro atoms. The second-order valence-electron chi connectivity index (χ2n) is 5.15. The molecule has 8 heteroatoms. The van der Waals surface area contributed by atoms with Crippen LogP contribution in [0, 0.1) is 22.2 Å². The van der Waals surface area contributed by atoms with Crippen LogP contribution < -0.4 is 4.90 Å². The van der Waals surface area contributed by atoms with Gasteiger partial charge in [0, 0.05) is 32.4 Å².